The molecule has 2 rings (SSSR count). The van der Waals surface area contributed by atoms with Crippen LogP contribution in [0.4, 0.5) is 5.82 Å². The summed E-state index contributed by atoms with van der Waals surface area (Å²) in [6.45, 7) is 5.95. The van der Waals surface area contributed by atoms with Crippen LogP contribution < -0.4 is 5.32 Å². The molecule has 0 spiro atoms. The molecule has 0 aliphatic carbocycles. The summed E-state index contributed by atoms with van der Waals surface area (Å²) >= 11 is 1.53. The van der Waals surface area contributed by atoms with Crippen LogP contribution in [0.15, 0.2) is 23.7 Å². The maximum atomic E-state index is 11.9. The number of nitriles is 1. The molecule has 0 aliphatic heterocycles. The summed E-state index contributed by atoms with van der Waals surface area (Å²) in [6, 6.07) is 5.87. The molecular weight excluding hydrogens is 272 g/mol. The lowest BCUT2D eigenvalue weighted by atomic mass is 10.1. The largest absolute Gasteiger partial charge is 0.308 e. The van der Waals surface area contributed by atoms with Crippen molar-refractivity contribution in [2.24, 2.45) is 0 Å². The van der Waals surface area contributed by atoms with E-state index in [9.17, 15) is 4.79 Å². The Bertz CT molecular complexity index is 644. The van der Waals surface area contributed by atoms with Gasteiger partial charge in [0.1, 0.15) is 11.6 Å². The summed E-state index contributed by atoms with van der Waals surface area (Å²) in [5, 5.41) is 18.0. The Morgan fingerprint density at radius 1 is 1.55 bits per heavy atom. The monoisotopic (exact) mass is 288 g/mol. The average Bonchev–Trinajstić information content (AvgIpc) is 2.97. The van der Waals surface area contributed by atoms with Crippen molar-refractivity contribution in [3.8, 4) is 6.07 Å². The summed E-state index contributed by atoms with van der Waals surface area (Å²) in [5.41, 5.74) is 0.141. The summed E-state index contributed by atoms with van der Waals surface area (Å²) in [6.07, 6.45) is 1.95. The van der Waals surface area contributed by atoms with E-state index >= 15 is 0 Å². The minimum Gasteiger partial charge on any atom is -0.308 e. The molecule has 0 unspecified atom stereocenters. The van der Waals surface area contributed by atoms with Crippen LogP contribution in [-0.4, -0.2) is 15.7 Å². The molecule has 6 heteroatoms. The van der Waals surface area contributed by atoms with E-state index in [-0.39, 0.29) is 11.4 Å². The van der Waals surface area contributed by atoms with Crippen LogP contribution in [-0.2, 0) is 16.8 Å². The van der Waals surface area contributed by atoms with Gasteiger partial charge in [0, 0.05) is 11.1 Å². The first-order valence-electron chi connectivity index (χ1n) is 6.22. The summed E-state index contributed by atoms with van der Waals surface area (Å²) in [4.78, 5) is 12.9. The Labute approximate surface area is 121 Å². The van der Waals surface area contributed by atoms with Gasteiger partial charge < -0.3 is 5.32 Å². The minimum absolute atomic E-state index is 0.164. The fourth-order valence-electron chi connectivity index (χ4n) is 1.64. The molecule has 0 radical (unpaired) electrons. The first-order chi connectivity index (χ1) is 9.40. The zero-order valence-electron chi connectivity index (χ0n) is 11.7. The SMILES string of the molecule is CC(C)(C)n1cc(C#N)c(NC(=O)Cc2cccs2)n1. The van der Waals surface area contributed by atoms with Gasteiger partial charge in [0.25, 0.3) is 0 Å². The smallest absolute Gasteiger partial charge is 0.230 e. The van der Waals surface area contributed by atoms with Gasteiger partial charge in [-0.3, -0.25) is 9.48 Å². The van der Waals surface area contributed by atoms with E-state index in [2.05, 4.69) is 16.5 Å². The van der Waals surface area contributed by atoms with Crippen LogP contribution in [0.2, 0.25) is 0 Å². The van der Waals surface area contributed by atoms with Crippen molar-refractivity contribution in [1.29, 1.82) is 5.26 Å². The lowest BCUT2D eigenvalue weighted by Gasteiger charge is -2.18. The summed E-state index contributed by atoms with van der Waals surface area (Å²) in [5.74, 6) is 0.159. The first-order valence-corrected chi connectivity index (χ1v) is 7.10. The van der Waals surface area contributed by atoms with Gasteiger partial charge in [0.05, 0.1) is 12.0 Å². The van der Waals surface area contributed by atoms with E-state index in [1.165, 1.54) is 11.3 Å². The molecule has 1 amide bonds. The molecule has 0 aromatic carbocycles. The lowest BCUT2D eigenvalue weighted by molar-refractivity contribution is -0.115. The van der Waals surface area contributed by atoms with Crippen molar-refractivity contribution in [2.75, 3.05) is 5.32 Å². The maximum absolute atomic E-state index is 11.9. The van der Waals surface area contributed by atoms with E-state index in [0.717, 1.165) is 4.88 Å². The Morgan fingerprint density at radius 2 is 2.30 bits per heavy atom. The molecule has 2 aromatic rings. The number of amides is 1. The number of hydrogen-bond donors (Lipinski definition) is 1. The number of anilines is 1. The van der Waals surface area contributed by atoms with Crippen molar-refractivity contribution in [3.05, 3.63) is 34.2 Å². The third-order valence-electron chi connectivity index (χ3n) is 2.69. The van der Waals surface area contributed by atoms with Gasteiger partial charge in [0.2, 0.25) is 5.91 Å². The van der Waals surface area contributed by atoms with Crippen LogP contribution in [0.3, 0.4) is 0 Å². The standard InChI is InChI=1S/C14H16N4OS/c1-14(2,3)18-9-10(8-15)13(17-18)16-12(19)7-11-5-4-6-20-11/h4-6,9H,7H2,1-3H3,(H,16,17,19). The predicted octanol–water partition coefficient (Wildman–Crippen LogP) is 2.75. The summed E-state index contributed by atoms with van der Waals surface area (Å²) in [7, 11) is 0. The second-order valence-electron chi connectivity index (χ2n) is 5.42. The molecular formula is C14H16N4OS. The van der Waals surface area contributed by atoms with Gasteiger partial charge in [-0.05, 0) is 32.2 Å². The molecule has 20 heavy (non-hydrogen) atoms. The van der Waals surface area contributed by atoms with E-state index in [4.69, 9.17) is 5.26 Å². The van der Waals surface area contributed by atoms with Crippen LogP contribution >= 0.6 is 11.3 Å². The highest BCUT2D eigenvalue weighted by Crippen LogP contribution is 2.19. The van der Waals surface area contributed by atoms with Gasteiger partial charge in [-0.15, -0.1) is 11.3 Å². The molecule has 0 fully saturated rings. The number of carbonyl (C=O) groups excluding carboxylic acids is 1. The maximum Gasteiger partial charge on any atom is 0.230 e. The second-order valence-corrected chi connectivity index (χ2v) is 6.46. The van der Waals surface area contributed by atoms with Crippen LogP contribution in [0.25, 0.3) is 0 Å². The van der Waals surface area contributed by atoms with Gasteiger partial charge >= 0.3 is 0 Å². The molecule has 0 bridgehead atoms. The van der Waals surface area contributed by atoms with Crippen LogP contribution in [0.5, 0.6) is 0 Å². The molecule has 0 saturated heterocycles. The number of thiophene rings is 1. The van der Waals surface area contributed by atoms with E-state index in [1.807, 2.05) is 38.3 Å². The van der Waals surface area contributed by atoms with Gasteiger partial charge in [0.15, 0.2) is 5.82 Å². The van der Waals surface area contributed by atoms with Crippen LogP contribution in [0.1, 0.15) is 31.2 Å². The zero-order chi connectivity index (χ0) is 14.8. The Balaban J connectivity index is 2.15. The molecule has 5 nitrogen and oxygen atoms in total. The highest BCUT2D eigenvalue weighted by molar-refractivity contribution is 7.10. The number of nitrogens with one attached hydrogen (secondary N) is 1. The van der Waals surface area contributed by atoms with E-state index in [0.29, 0.717) is 17.8 Å². The van der Waals surface area contributed by atoms with Crippen molar-refractivity contribution < 1.29 is 4.79 Å². The highest BCUT2D eigenvalue weighted by Gasteiger charge is 2.19. The third-order valence-corrected chi connectivity index (χ3v) is 3.57. The molecule has 0 atom stereocenters. The molecule has 1 N–H and O–H groups in total. The van der Waals surface area contributed by atoms with E-state index in [1.54, 1.807) is 10.9 Å². The molecule has 0 saturated carbocycles. The van der Waals surface area contributed by atoms with Gasteiger partial charge in [-0.2, -0.15) is 10.4 Å². The highest BCUT2D eigenvalue weighted by atomic mass is 32.1. The zero-order valence-corrected chi connectivity index (χ0v) is 12.5. The van der Waals surface area contributed by atoms with Crippen molar-refractivity contribution >= 4 is 23.1 Å². The third kappa shape index (κ3) is 3.25. The first kappa shape index (κ1) is 14.3. The molecule has 104 valence electrons. The number of carbonyl (C=O) groups is 1. The average molecular weight is 288 g/mol. The summed E-state index contributed by atoms with van der Waals surface area (Å²) < 4.78 is 1.69. The lowest BCUT2D eigenvalue weighted by Crippen LogP contribution is -2.23. The van der Waals surface area contributed by atoms with Gasteiger partial charge in [-0.25, -0.2) is 0 Å². The fourth-order valence-corrected chi connectivity index (χ4v) is 2.34. The number of rotatable bonds is 3. The quantitative estimate of drug-likeness (QED) is 0.944. The number of nitrogens with zero attached hydrogens (tertiary/aromatic N) is 3. The number of hydrogen-bond acceptors (Lipinski definition) is 4. The normalized spacial score (nSPS) is 11.1. The molecule has 0 aliphatic rings. The second kappa shape index (κ2) is 5.47. The molecule has 2 heterocycles. The van der Waals surface area contributed by atoms with Crippen molar-refractivity contribution in [3.63, 3.8) is 0 Å². The molecule has 2 aromatic heterocycles. The fraction of sp³-hybridized carbons (Fsp3) is 0.357. The predicted molar refractivity (Wildman–Crippen MR) is 78.6 cm³/mol. The van der Waals surface area contributed by atoms with Crippen molar-refractivity contribution in [1.82, 2.24) is 9.78 Å². The topological polar surface area (TPSA) is 70.7 Å². The number of aromatic nitrogens is 2. The Kier molecular flexibility index (Phi) is 3.91. The Morgan fingerprint density at radius 3 is 2.85 bits per heavy atom. The van der Waals surface area contributed by atoms with Crippen LogP contribution in [0, 0.1) is 11.3 Å². The van der Waals surface area contributed by atoms with Gasteiger partial charge in [-0.1, -0.05) is 6.07 Å². The van der Waals surface area contributed by atoms with Crippen molar-refractivity contribution in [2.45, 2.75) is 32.7 Å². The minimum atomic E-state index is -0.234. The Hall–Kier alpha value is -2.13. The van der Waals surface area contributed by atoms with E-state index < -0.39 is 0 Å².